The van der Waals surface area contributed by atoms with Crippen LogP contribution < -0.4 is 16.4 Å². The number of amides is 1. The highest BCUT2D eigenvalue weighted by atomic mass is 19.1. The number of nitrogens with one attached hydrogen (secondary N) is 2. The highest BCUT2D eigenvalue weighted by Gasteiger charge is 2.08. The van der Waals surface area contributed by atoms with Crippen LogP contribution in [0.5, 0.6) is 0 Å². The van der Waals surface area contributed by atoms with E-state index < -0.39 is 6.04 Å². The first-order valence-corrected chi connectivity index (χ1v) is 6.56. The third kappa shape index (κ3) is 4.25. The molecule has 5 nitrogen and oxygen atoms in total. The predicted molar refractivity (Wildman–Crippen MR) is 80.2 cm³/mol. The van der Waals surface area contributed by atoms with Crippen molar-refractivity contribution in [2.75, 3.05) is 10.6 Å². The molecule has 0 spiro atoms. The average molecular weight is 288 g/mol. The summed E-state index contributed by atoms with van der Waals surface area (Å²) < 4.78 is 13.5. The van der Waals surface area contributed by atoms with Crippen LogP contribution in [0.1, 0.15) is 12.5 Å². The fourth-order valence-corrected chi connectivity index (χ4v) is 1.65. The number of carbonyl (C=O) groups is 1. The average Bonchev–Trinajstić information content (AvgIpc) is 2.48. The topological polar surface area (TPSA) is 80.0 Å². The maximum Gasteiger partial charge on any atom is 0.242 e. The highest BCUT2D eigenvalue weighted by Crippen LogP contribution is 2.13. The summed E-state index contributed by atoms with van der Waals surface area (Å²) in [5, 5.41) is 5.65. The maximum absolute atomic E-state index is 13.5. The van der Waals surface area contributed by atoms with Crippen molar-refractivity contribution in [1.29, 1.82) is 0 Å². The zero-order valence-corrected chi connectivity index (χ0v) is 11.6. The van der Waals surface area contributed by atoms with Crippen molar-refractivity contribution >= 4 is 17.4 Å². The lowest BCUT2D eigenvalue weighted by molar-refractivity contribution is -0.117. The number of nitrogens with zero attached hydrogens (tertiary/aromatic N) is 1. The van der Waals surface area contributed by atoms with Crippen LogP contribution in [0.3, 0.4) is 0 Å². The van der Waals surface area contributed by atoms with Crippen molar-refractivity contribution in [2.24, 2.45) is 5.73 Å². The molecule has 1 aromatic heterocycles. The SMILES string of the molecule is CC(N)C(=O)Nc1ccc(NCc2ccccc2F)cn1. The van der Waals surface area contributed by atoms with Crippen LogP contribution in [-0.4, -0.2) is 16.9 Å². The standard InChI is InChI=1S/C15H17FN4O/c1-10(17)15(21)20-14-7-6-12(9-19-14)18-8-11-4-2-3-5-13(11)16/h2-7,9-10,18H,8,17H2,1H3,(H,19,20,21). The van der Waals surface area contributed by atoms with E-state index >= 15 is 0 Å². The number of hydrogen-bond acceptors (Lipinski definition) is 4. The number of carbonyl (C=O) groups excluding carboxylic acids is 1. The number of pyridine rings is 1. The first-order valence-electron chi connectivity index (χ1n) is 6.56. The largest absolute Gasteiger partial charge is 0.380 e. The Kier molecular flexibility index (Phi) is 4.84. The van der Waals surface area contributed by atoms with Gasteiger partial charge in [0, 0.05) is 12.1 Å². The summed E-state index contributed by atoms with van der Waals surface area (Å²) in [6.45, 7) is 1.96. The van der Waals surface area contributed by atoms with E-state index in [0.717, 1.165) is 5.69 Å². The Morgan fingerprint density at radius 3 is 2.71 bits per heavy atom. The van der Waals surface area contributed by atoms with Gasteiger partial charge < -0.3 is 16.4 Å². The lowest BCUT2D eigenvalue weighted by atomic mass is 10.2. The van der Waals surface area contributed by atoms with E-state index in [1.165, 1.54) is 6.07 Å². The fourth-order valence-electron chi connectivity index (χ4n) is 1.65. The van der Waals surface area contributed by atoms with Gasteiger partial charge in [0.1, 0.15) is 11.6 Å². The van der Waals surface area contributed by atoms with E-state index in [9.17, 15) is 9.18 Å². The molecule has 0 saturated heterocycles. The molecule has 1 heterocycles. The minimum absolute atomic E-state index is 0.251. The van der Waals surface area contributed by atoms with Crippen molar-refractivity contribution in [3.05, 3.63) is 54.0 Å². The molecule has 1 aromatic carbocycles. The first kappa shape index (κ1) is 14.9. The summed E-state index contributed by atoms with van der Waals surface area (Å²) in [5.41, 5.74) is 6.76. The Balaban J connectivity index is 1.94. The second-order valence-electron chi connectivity index (χ2n) is 4.66. The van der Waals surface area contributed by atoms with Gasteiger partial charge in [0.15, 0.2) is 0 Å². The Hall–Kier alpha value is -2.47. The molecule has 0 aliphatic heterocycles. The molecule has 2 aromatic rings. The second-order valence-corrected chi connectivity index (χ2v) is 4.66. The molecule has 6 heteroatoms. The fraction of sp³-hybridized carbons (Fsp3) is 0.200. The molecule has 0 aliphatic rings. The molecular formula is C15H17FN4O. The highest BCUT2D eigenvalue weighted by molar-refractivity contribution is 5.93. The Labute approximate surface area is 122 Å². The van der Waals surface area contributed by atoms with E-state index in [4.69, 9.17) is 5.73 Å². The number of anilines is 2. The zero-order chi connectivity index (χ0) is 15.2. The van der Waals surface area contributed by atoms with Crippen molar-refractivity contribution in [1.82, 2.24) is 4.98 Å². The Morgan fingerprint density at radius 2 is 2.10 bits per heavy atom. The molecular weight excluding hydrogens is 271 g/mol. The number of rotatable bonds is 5. The summed E-state index contributed by atoms with van der Waals surface area (Å²) in [6, 6.07) is 9.38. The summed E-state index contributed by atoms with van der Waals surface area (Å²) >= 11 is 0. The number of hydrogen-bond donors (Lipinski definition) is 3. The molecule has 21 heavy (non-hydrogen) atoms. The van der Waals surface area contributed by atoms with Gasteiger partial charge >= 0.3 is 0 Å². The lowest BCUT2D eigenvalue weighted by Crippen LogP contribution is -2.32. The van der Waals surface area contributed by atoms with Gasteiger partial charge in [-0.25, -0.2) is 9.37 Å². The Morgan fingerprint density at radius 1 is 1.33 bits per heavy atom. The molecule has 1 unspecified atom stereocenters. The van der Waals surface area contributed by atoms with Crippen LogP contribution in [-0.2, 0) is 11.3 Å². The van der Waals surface area contributed by atoms with Gasteiger partial charge in [0.05, 0.1) is 17.9 Å². The van der Waals surface area contributed by atoms with Crippen molar-refractivity contribution in [3.8, 4) is 0 Å². The number of nitrogens with two attached hydrogens (primary N) is 1. The Bertz CT molecular complexity index is 613. The monoisotopic (exact) mass is 288 g/mol. The minimum Gasteiger partial charge on any atom is -0.380 e. The molecule has 4 N–H and O–H groups in total. The third-order valence-electron chi connectivity index (χ3n) is 2.87. The minimum atomic E-state index is -0.592. The van der Waals surface area contributed by atoms with Crippen LogP contribution in [0.2, 0.25) is 0 Å². The summed E-state index contributed by atoms with van der Waals surface area (Å²) in [5.74, 6) is -0.123. The van der Waals surface area contributed by atoms with E-state index in [1.807, 2.05) is 0 Å². The molecule has 0 bridgehead atoms. The van der Waals surface area contributed by atoms with Gasteiger partial charge in [-0.05, 0) is 25.1 Å². The number of halogens is 1. The van der Waals surface area contributed by atoms with Crippen LogP contribution in [0.4, 0.5) is 15.9 Å². The molecule has 1 atom stereocenters. The quantitative estimate of drug-likeness (QED) is 0.787. The van der Waals surface area contributed by atoms with Gasteiger partial charge in [-0.2, -0.15) is 0 Å². The van der Waals surface area contributed by atoms with E-state index in [0.29, 0.717) is 17.9 Å². The molecule has 0 aliphatic carbocycles. The lowest BCUT2D eigenvalue weighted by Gasteiger charge is -2.09. The van der Waals surface area contributed by atoms with E-state index in [-0.39, 0.29) is 11.7 Å². The smallest absolute Gasteiger partial charge is 0.242 e. The molecule has 0 radical (unpaired) electrons. The summed E-state index contributed by atoms with van der Waals surface area (Å²) in [6.07, 6.45) is 1.57. The molecule has 2 rings (SSSR count). The molecule has 0 fully saturated rings. The van der Waals surface area contributed by atoms with Crippen LogP contribution >= 0.6 is 0 Å². The van der Waals surface area contributed by atoms with Gasteiger partial charge in [0.2, 0.25) is 5.91 Å². The summed E-state index contributed by atoms with van der Waals surface area (Å²) in [7, 11) is 0. The third-order valence-corrected chi connectivity index (χ3v) is 2.87. The maximum atomic E-state index is 13.5. The molecule has 0 saturated carbocycles. The van der Waals surface area contributed by atoms with Crippen LogP contribution in [0.15, 0.2) is 42.6 Å². The predicted octanol–water partition coefficient (Wildman–Crippen LogP) is 2.12. The summed E-state index contributed by atoms with van der Waals surface area (Å²) in [4.78, 5) is 15.5. The van der Waals surface area contributed by atoms with Gasteiger partial charge in [-0.15, -0.1) is 0 Å². The van der Waals surface area contributed by atoms with Gasteiger partial charge in [-0.1, -0.05) is 18.2 Å². The number of aromatic nitrogens is 1. The van der Waals surface area contributed by atoms with E-state index in [2.05, 4.69) is 15.6 Å². The van der Waals surface area contributed by atoms with Crippen molar-refractivity contribution < 1.29 is 9.18 Å². The molecule has 1 amide bonds. The zero-order valence-electron chi connectivity index (χ0n) is 11.6. The van der Waals surface area contributed by atoms with Gasteiger partial charge in [0.25, 0.3) is 0 Å². The van der Waals surface area contributed by atoms with Crippen LogP contribution in [0.25, 0.3) is 0 Å². The van der Waals surface area contributed by atoms with Gasteiger partial charge in [-0.3, -0.25) is 4.79 Å². The van der Waals surface area contributed by atoms with Crippen molar-refractivity contribution in [2.45, 2.75) is 19.5 Å². The molecule has 110 valence electrons. The van der Waals surface area contributed by atoms with Crippen molar-refractivity contribution in [3.63, 3.8) is 0 Å². The van der Waals surface area contributed by atoms with Crippen LogP contribution in [0, 0.1) is 5.82 Å². The second kappa shape index (κ2) is 6.81. The van der Waals surface area contributed by atoms with E-state index in [1.54, 1.807) is 43.5 Å². The number of benzene rings is 1. The first-order chi connectivity index (χ1) is 10.1. The normalized spacial score (nSPS) is 11.8.